The molecule has 0 spiro atoms. The van der Waals surface area contributed by atoms with Crippen molar-refractivity contribution in [3.05, 3.63) is 71.4 Å². The molecular weight excluding hydrogens is 350 g/mol. The molecule has 7 heteroatoms. The summed E-state index contributed by atoms with van der Waals surface area (Å²) in [7, 11) is 0. The lowest BCUT2D eigenvalue weighted by molar-refractivity contribution is -0.114. The molecule has 0 saturated carbocycles. The van der Waals surface area contributed by atoms with Crippen LogP contribution in [0.3, 0.4) is 0 Å². The number of hydrogen-bond acceptors (Lipinski definition) is 5. The van der Waals surface area contributed by atoms with Crippen molar-refractivity contribution in [3.63, 3.8) is 0 Å². The number of amides is 1. The predicted molar refractivity (Wildman–Crippen MR) is 105 cm³/mol. The molecule has 0 aliphatic rings. The highest BCUT2D eigenvalue weighted by molar-refractivity contribution is 6.33. The summed E-state index contributed by atoms with van der Waals surface area (Å²) in [6.07, 6.45) is 1.67. The lowest BCUT2D eigenvalue weighted by Gasteiger charge is -2.11. The zero-order valence-corrected chi connectivity index (χ0v) is 14.9. The summed E-state index contributed by atoms with van der Waals surface area (Å²) < 4.78 is 0. The van der Waals surface area contributed by atoms with E-state index in [0.717, 1.165) is 5.69 Å². The fourth-order valence-corrected chi connectivity index (χ4v) is 2.49. The van der Waals surface area contributed by atoms with E-state index >= 15 is 0 Å². The van der Waals surface area contributed by atoms with Crippen molar-refractivity contribution in [3.8, 4) is 0 Å². The van der Waals surface area contributed by atoms with Crippen LogP contribution in [0.4, 0.5) is 23.1 Å². The van der Waals surface area contributed by atoms with E-state index in [2.05, 4.69) is 25.9 Å². The number of nitrogens with one attached hydrogen (secondary N) is 3. The first-order chi connectivity index (χ1) is 12.6. The van der Waals surface area contributed by atoms with Gasteiger partial charge in [-0.15, -0.1) is 0 Å². The number of hydrogen-bond donors (Lipinski definition) is 3. The molecule has 0 unspecified atom stereocenters. The summed E-state index contributed by atoms with van der Waals surface area (Å²) in [5.41, 5.74) is 2.42. The van der Waals surface area contributed by atoms with E-state index in [-0.39, 0.29) is 5.91 Å². The van der Waals surface area contributed by atoms with Crippen LogP contribution < -0.4 is 16.0 Å². The summed E-state index contributed by atoms with van der Waals surface area (Å²) in [5.74, 6) is 0.967. The van der Waals surface area contributed by atoms with Crippen LogP contribution in [0.5, 0.6) is 0 Å². The van der Waals surface area contributed by atoms with E-state index in [1.54, 1.807) is 30.5 Å². The Balaban J connectivity index is 1.69. The predicted octanol–water partition coefficient (Wildman–Crippen LogP) is 4.44. The van der Waals surface area contributed by atoms with Crippen LogP contribution in [0, 0.1) is 0 Å². The molecule has 1 aromatic heterocycles. The number of anilines is 4. The number of benzene rings is 2. The number of rotatable bonds is 6. The molecule has 0 atom stereocenters. The normalized spacial score (nSPS) is 10.2. The van der Waals surface area contributed by atoms with Crippen molar-refractivity contribution >= 4 is 40.6 Å². The van der Waals surface area contributed by atoms with Crippen molar-refractivity contribution in [2.45, 2.75) is 13.5 Å². The molecule has 0 saturated heterocycles. The van der Waals surface area contributed by atoms with Crippen molar-refractivity contribution < 1.29 is 4.79 Å². The Kier molecular flexibility index (Phi) is 5.66. The van der Waals surface area contributed by atoms with Gasteiger partial charge in [-0.3, -0.25) is 4.79 Å². The highest BCUT2D eigenvalue weighted by atomic mass is 35.5. The van der Waals surface area contributed by atoms with Crippen molar-refractivity contribution in [2.75, 3.05) is 16.0 Å². The van der Waals surface area contributed by atoms with Crippen LogP contribution in [0.25, 0.3) is 0 Å². The lowest BCUT2D eigenvalue weighted by atomic mass is 10.2. The van der Waals surface area contributed by atoms with Gasteiger partial charge in [0.05, 0.1) is 10.7 Å². The molecular formula is C19H18ClN5O. The molecule has 2 aromatic carbocycles. The Hall–Kier alpha value is -3.12. The highest BCUT2D eigenvalue weighted by Gasteiger charge is 2.06. The maximum Gasteiger partial charge on any atom is 0.229 e. The number of carbonyl (C=O) groups excluding carboxylic acids is 1. The van der Waals surface area contributed by atoms with E-state index in [0.29, 0.717) is 29.0 Å². The van der Waals surface area contributed by atoms with Crippen LogP contribution in [0.15, 0.2) is 60.8 Å². The largest absolute Gasteiger partial charge is 0.366 e. The highest BCUT2D eigenvalue weighted by Crippen LogP contribution is 2.26. The first kappa shape index (κ1) is 17.7. The van der Waals surface area contributed by atoms with Crippen LogP contribution in [-0.2, 0) is 11.3 Å². The van der Waals surface area contributed by atoms with E-state index < -0.39 is 0 Å². The summed E-state index contributed by atoms with van der Waals surface area (Å²) in [4.78, 5) is 19.9. The lowest BCUT2D eigenvalue weighted by Crippen LogP contribution is -2.07. The summed E-state index contributed by atoms with van der Waals surface area (Å²) in [5, 5.41) is 9.52. The Morgan fingerprint density at radius 2 is 1.92 bits per heavy atom. The fraction of sp³-hybridized carbons (Fsp3) is 0.105. The van der Waals surface area contributed by atoms with Gasteiger partial charge in [0.15, 0.2) is 0 Å². The SMILES string of the molecule is CC(=O)Nc1cc(Nc2nccc(NCc3ccccc3)n2)ccc1Cl. The van der Waals surface area contributed by atoms with Gasteiger partial charge in [-0.2, -0.15) is 4.98 Å². The molecule has 132 valence electrons. The van der Waals surface area contributed by atoms with Crippen LogP contribution >= 0.6 is 11.6 Å². The molecule has 26 heavy (non-hydrogen) atoms. The van der Waals surface area contributed by atoms with Gasteiger partial charge in [0.2, 0.25) is 11.9 Å². The van der Waals surface area contributed by atoms with Crippen LogP contribution in [-0.4, -0.2) is 15.9 Å². The standard InChI is InChI=1S/C19H18ClN5O/c1-13(26)23-17-11-15(7-8-16(17)20)24-19-21-10-9-18(25-19)22-12-14-5-3-2-4-6-14/h2-11H,12H2,1H3,(H,23,26)(H2,21,22,24,25). The number of halogens is 1. The summed E-state index contributed by atoms with van der Waals surface area (Å²) >= 11 is 6.08. The Morgan fingerprint density at radius 3 is 2.69 bits per heavy atom. The minimum Gasteiger partial charge on any atom is -0.366 e. The molecule has 1 heterocycles. The van der Waals surface area contributed by atoms with Crippen molar-refractivity contribution in [2.24, 2.45) is 0 Å². The first-order valence-electron chi connectivity index (χ1n) is 8.05. The van der Waals surface area contributed by atoms with Gasteiger partial charge in [-0.1, -0.05) is 41.9 Å². The Bertz CT molecular complexity index is 901. The number of nitrogens with zero attached hydrogens (tertiary/aromatic N) is 2. The number of carbonyl (C=O) groups is 1. The molecule has 3 rings (SSSR count). The molecule has 0 aliphatic heterocycles. The molecule has 6 nitrogen and oxygen atoms in total. The zero-order valence-electron chi connectivity index (χ0n) is 14.2. The molecule has 0 aliphatic carbocycles. The van der Waals surface area contributed by atoms with E-state index in [9.17, 15) is 4.79 Å². The minimum absolute atomic E-state index is 0.188. The smallest absolute Gasteiger partial charge is 0.229 e. The third kappa shape index (κ3) is 4.94. The Labute approximate surface area is 156 Å². The van der Waals surface area contributed by atoms with E-state index in [1.807, 2.05) is 30.3 Å². The molecule has 0 radical (unpaired) electrons. The minimum atomic E-state index is -0.188. The second-order valence-electron chi connectivity index (χ2n) is 5.61. The summed E-state index contributed by atoms with van der Waals surface area (Å²) in [6, 6.07) is 17.1. The van der Waals surface area contributed by atoms with Gasteiger partial charge >= 0.3 is 0 Å². The zero-order chi connectivity index (χ0) is 18.4. The molecule has 0 bridgehead atoms. The van der Waals surface area contributed by atoms with Gasteiger partial charge in [0, 0.05) is 25.4 Å². The van der Waals surface area contributed by atoms with E-state index in [4.69, 9.17) is 11.6 Å². The Morgan fingerprint density at radius 1 is 1.12 bits per heavy atom. The number of aromatic nitrogens is 2. The van der Waals surface area contributed by atoms with Gasteiger partial charge < -0.3 is 16.0 Å². The van der Waals surface area contributed by atoms with Crippen molar-refractivity contribution in [1.82, 2.24) is 9.97 Å². The molecule has 3 N–H and O–H groups in total. The van der Waals surface area contributed by atoms with Crippen molar-refractivity contribution in [1.29, 1.82) is 0 Å². The third-order valence-corrected chi connectivity index (χ3v) is 3.83. The first-order valence-corrected chi connectivity index (χ1v) is 8.43. The fourth-order valence-electron chi connectivity index (χ4n) is 2.32. The molecule has 3 aromatic rings. The molecule has 1 amide bonds. The quantitative estimate of drug-likeness (QED) is 0.600. The average Bonchev–Trinajstić information content (AvgIpc) is 2.64. The van der Waals surface area contributed by atoms with E-state index in [1.165, 1.54) is 12.5 Å². The third-order valence-electron chi connectivity index (χ3n) is 3.51. The van der Waals surface area contributed by atoms with Gasteiger partial charge in [0.1, 0.15) is 5.82 Å². The van der Waals surface area contributed by atoms with Crippen LogP contribution in [0.1, 0.15) is 12.5 Å². The monoisotopic (exact) mass is 367 g/mol. The van der Waals surface area contributed by atoms with Gasteiger partial charge in [-0.25, -0.2) is 4.98 Å². The second kappa shape index (κ2) is 8.31. The topological polar surface area (TPSA) is 78.9 Å². The maximum atomic E-state index is 11.2. The maximum absolute atomic E-state index is 11.2. The van der Waals surface area contributed by atoms with Crippen LogP contribution in [0.2, 0.25) is 5.02 Å². The molecule has 0 fully saturated rings. The average molecular weight is 368 g/mol. The van der Waals surface area contributed by atoms with Gasteiger partial charge in [0.25, 0.3) is 0 Å². The second-order valence-corrected chi connectivity index (χ2v) is 6.01. The summed E-state index contributed by atoms with van der Waals surface area (Å²) in [6.45, 7) is 2.10. The van der Waals surface area contributed by atoms with Gasteiger partial charge in [-0.05, 0) is 29.8 Å².